The highest BCUT2D eigenvalue weighted by Gasteiger charge is 2.22. The topological polar surface area (TPSA) is 97.4 Å². The van der Waals surface area contributed by atoms with Gasteiger partial charge in [0.15, 0.2) is 0 Å². The Kier molecular flexibility index (Phi) is 5.69. The van der Waals surface area contributed by atoms with Gasteiger partial charge in [0.25, 0.3) is 11.6 Å². The molecule has 112 valence electrons. The van der Waals surface area contributed by atoms with E-state index in [1.54, 1.807) is 4.57 Å². The fourth-order valence-corrected chi connectivity index (χ4v) is 2.00. The summed E-state index contributed by atoms with van der Waals surface area (Å²) in [7, 11) is 0. The Morgan fingerprint density at radius 3 is 2.65 bits per heavy atom. The van der Waals surface area contributed by atoms with Crippen molar-refractivity contribution in [1.82, 2.24) is 9.88 Å². The molecule has 0 aliphatic heterocycles. The second kappa shape index (κ2) is 7.04. The lowest BCUT2D eigenvalue weighted by atomic mass is 10.0. The average Bonchev–Trinajstić information content (AvgIpc) is 2.82. The first-order valence-corrected chi connectivity index (χ1v) is 6.67. The zero-order chi connectivity index (χ0) is 15.3. The van der Waals surface area contributed by atoms with Crippen molar-refractivity contribution in [3.63, 3.8) is 0 Å². The number of nitrogens with one attached hydrogen (secondary N) is 1. The average molecular weight is 283 g/mol. The van der Waals surface area contributed by atoms with Crippen LogP contribution >= 0.6 is 0 Å². The molecule has 0 bridgehead atoms. The van der Waals surface area contributed by atoms with E-state index in [4.69, 9.17) is 5.11 Å². The fourth-order valence-electron chi connectivity index (χ4n) is 2.00. The molecule has 7 heteroatoms. The number of nitrogens with zero attached hydrogens (tertiary/aromatic N) is 2. The second-order valence-corrected chi connectivity index (χ2v) is 4.96. The molecule has 1 atom stereocenters. The monoisotopic (exact) mass is 283 g/mol. The Morgan fingerprint density at radius 1 is 1.55 bits per heavy atom. The van der Waals surface area contributed by atoms with Crippen molar-refractivity contribution in [3.8, 4) is 0 Å². The van der Waals surface area contributed by atoms with Crippen molar-refractivity contribution < 1.29 is 14.8 Å². The lowest BCUT2D eigenvalue weighted by Gasteiger charge is -2.21. The standard InChI is InChI=1S/C13H21N3O4/c1-4-15-8-10(16(19)20)7-12(15)13(18)14-11(5-6-17)9(2)3/h7-9,11,17H,4-6H2,1-3H3,(H,14,18). The predicted molar refractivity (Wildman–Crippen MR) is 74.6 cm³/mol. The smallest absolute Gasteiger partial charge is 0.287 e. The van der Waals surface area contributed by atoms with Crippen LogP contribution in [0.5, 0.6) is 0 Å². The summed E-state index contributed by atoms with van der Waals surface area (Å²) in [6.07, 6.45) is 1.81. The van der Waals surface area contributed by atoms with E-state index in [9.17, 15) is 14.9 Å². The van der Waals surface area contributed by atoms with Crippen LogP contribution in [0.4, 0.5) is 5.69 Å². The summed E-state index contributed by atoms with van der Waals surface area (Å²) >= 11 is 0. The van der Waals surface area contributed by atoms with Crippen LogP contribution in [-0.4, -0.2) is 33.2 Å². The molecule has 0 radical (unpaired) electrons. The summed E-state index contributed by atoms with van der Waals surface area (Å²) in [5.74, 6) is -0.182. The maximum atomic E-state index is 12.2. The van der Waals surface area contributed by atoms with Crippen LogP contribution in [0.25, 0.3) is 0 Å². The molecule has 2 N–H and O–H groups in total. The van der Waals surface area contributed by atoms with E-state index in [1.165, 1.54) is 12.3 Å². The maximum absolute atomic E-state index is 12.2. The first-order valence-electron chi connectivity index (χ1n) is 6.67. The van der Waals surface area contributed by atoms with Gasteiger partial charge in [0.2, 0.25) is 0 Å². The largest absolute Gasteiger partial charge is 0.396 e. The van der Waals surface area contributed by atoms with Gasteiger partial charge in [-0.05, 0) is 19.3 Å². The summed E-state index contributed by atoms with van der Waals surface area (Å²) in [6.45, 7) is 6.17. The summed E-state index contributed by atoms with van der Waals surface area (Å²) in [6, 6.07) is 1.11. The summed E-state index contributed by atoms with van der Waals surface area (Å²) in [5.41, 5.74) is 0.169. The van der Waals surface area contributed by atoms with Gasteiger partial charge >= 0.3 is 0 Å². The van der Waals surface area contributed by atoms with Gasteiger partial charge < -0.3 is 15.0 Å². The van der Waals surface area contributed by atoms with E-state index in [-0.39, 0.29) is 35.9 Å². The SMILES string of the molecule is CCn1cc([N+](=O)[O-])cc1C(=O)NC(CCO)C(C)C. The van der Waals surface area contributed by atoms with Crippen LogP contribution in [0.2, 0.25) is 0 Å². The van der Waals surface area contributed by atoms with E-state index < -0.39 is 4.92 Å². The fraction of sp³-hybridized carbons (Fsp3) is 0.615. The molecule has 1 aromatic heterocycles. The van der Waals surface area contributed by atoms with Gasteiger partial charge in [-0.25, -0.2) is 0 Å². The first-order chi connectivity index (χ1) is 9.40. The maximum Gasteiger partial charge on any atom is 0.287 e. The van der Waals surface area contributed by atoms with E-state index in [0.29, 0.717) is 13.0 Å². The Balaban J connectivity index is 2.93. The van der Waals surface area contributed by atoms with Crippen molar-refractivity contribution in [3.05, 3.63) is 28.1 Å². The number of nitro groups is 1. The number of carbonyl (C=O) groups is 1. The van der Waals surface area contributed by atoms with Crippen LogP contribution in [0.1, 0.15) is 37.7 Å². The van der Waals surface area contributed by atoms with Gasteiger partial charge in [-0.1, -0.05) is 13.8 Å². The molecule has 1 amide bonds. The van der Waals surface area contributed by atoms with Gasteiger partial charge in [-0.15, -0.1) is 0 Å². The normalized spacial score (nSPS) is 12.4. The van der Waals surface area contributed by atoms with Gasteiger partial charge in [-0.2, -0.15) is 0 Å². The second-order valence-electron chi connectivity index (χ2n) is 4.96. The minimum atomic E-state index is -0.517. The van der Waals surface area contributed by atoms with Crippen molar-refractivity contribution in [2.75, 3.05) is 6.61 Å². The molecule has 0 saturated heterocycles. The van der Waals surface area contributed by atoms with Gasteiger partial charge in [0.1, 0.15) is 5.69 Å². The molecular weight excluding hydrogens is 262 g/mol. The summed E-state index contributed by atoms with van der Waals surface area (Å²) in [5, 5.41) is 22.6. The van der Waals surface area contributed by atoms with Crippen LogP contribution in [0.3, 0.4) is 0 Å². The highest BCUT2D eigenvalue weighted by atomic mass is 16.6. The lowest BCUT2D eigenvalue weighted by molar-refractivity contribution is -0.384. The molecule has 0 aliphatic rings. The van der Waals surface area contributed by atoms with Gasteiger partial charge in [0.05, 0.1) is 11.1 Å². The summed E-state index contributed by atoms with van der Waals surface area (Å²) < 4.78 is 1.55. The lowest BCUT2D eigenvalue weighted by Crippen LogP contribution is -2.39. The number of amides is 1. The highest BCUT2D eigenvalue weighted by molar-refractivity contribution is 5.93. The highest BCUT2D eigenvalue weighted by Crippen LogP contribution is 2.17. The third kappa shape index (κ3) is 3.80. The van der Waals surface area contributed by atoms with E-state index >= 15 is 0 Å². The Hall–Kier alpha value is -1.89. The number of hydrogen-bond acceptors (Lipinski definition) is 4. The third-order valence-corrected chi connectivity index (χ3v) is 3.23. The van der Waals surface area contributed by atoms with Gasteiger partial charge in [-0.3, -0.25) is 14.9 Å². The molecule has 1 rings (SSSR count). The number of carbonyl (C=O) groups excluding carboxylic acids is 1. The molecule has 1 unspecified atom stereocenters. The molecule has 7 nitrogen and oxygen atoms in total. The molecule has 0 fully saturated rings. The van der Waals surface area contributed by atoms with E-state index in [0.717, 1.165) is 0 Å². The van der Waals surface area contributed by atoms with Gasteiger partial charge in [0, 0.05) is 25.3 Å². The number of aliphatic hydroxyl groups is 1. The minimum Gasteiger partial charge on any atom is -0.396 e. The zero-order valence-electron chi connectivity index (χ0n) is 12.0. The molecule has 1 aromatic rings. The van der Waals surface area contributed by atoms with Crippen LogP contribution in [0, 0.1) is 16.0 Å². The van der Waals surface area contributed by atoms with Crippen molar-refractivity contribution >= 4 is 11.6 Å². The molecule has 0 aromatic carbocycles. The third-order valence-electron chi connectivity index (χ3n) is 3.23. The quantitative estimate of drug-likeness (QED) is 0.586. The molecule has 1 heterocycles. The number of rotatable bonds is 7. The Morgan fingerprint density at radius 2 is 2.20 bits per heavy atom. The van der Waals surface area contributed by atoms with Crippen LogP contribution in [-0.2, 0) is 6.54 Å². The van der Waals surface area contributed by atoms with Crippen molar-refractivity contribution in [1.29, 1.82) is 0 Å². The number of aliphatic hydroxyl groups excluding tert-OH is 1. The molecule has 0 aliphatic carbocycles. The van der Waals surface area contributed by atoms with Crippen molar-refractivity contribution in [2.24, 2.45) is 5.92 Å². The van der Waals surface area contributed by atoms with Crippen molar-refractivity contribution in [2.45, 2.75) is 39.8 Å². The zero-order valence-corrected chi connectivity index (χ0v) is 12.0. The minimum absolute atomic E-state index is 0.0158. The molecule has 0 saturated carbocycles. The van der Waals surface area contributed by atoms with E-state index in [2.05, 4.69) is 5.32 Å². The van der Waals surface area contributed by atoms with E-state index in [1.807, 2.05) is 20.8 Å². The molecule has 20 heavy (non-hydrogen) atoms. The number of hydrogen-bond donors (Lipinski definition) is 2. The Bertz CT molecular complexity index is 482. The van der Waals surface area contributed by atoms with Crippen LogP contribution < -0.4 is 5.32 Å². The predicted octanol–water partition coefficient (Wildman–Crippen LogP) is 1.55. The molecular formula is C13H21N3O4. The van der Waals surface area contributed by atoms with Crippen LogP contribution in [0.15, 0.2) is 12.3 Å². The first kappa shape index (κ1) is 16.2. The summed E-state index contributed by atoms with van der Waals surface area (Å²) in [4.78, 5) is 22.5. The number of aromatic nitrogens is 1. The number of aryl methyl sites for hydroxylation is 1. The Labute approximate surface area is 117 Å². The molecule has 0 spiro atoms.